The van der Waals surface area contributed by atoms with E-state index in [0.29, 0.717) is 46.8 Å². The van der Waals surface area contributed by atoms with E-state index in [4.69, 9.17) is 19.9 Å². The summed E-state index contributed by atoms with van der Waals surface area (Å²) in [5.74, 6) is 2.64. The average Bonchev–Trinajstić information content (AvgIpc) is 3.66. The summed E-state index contributed by atoms with van der Waals surface area (Å²) < 4.78 is 19.2. The molecule has 2 aliphatic heterocycles. The lowest BCUT2D eigenvalue weighted by atomic mass is 9.98. The number of ether oxygens (including phenoxy) is 3. The maximum atomic E-state index is 13.7. The van der Waals surface area contributed by atoms with E-state index in [9.17, 15) is 4.79 Å². The van der Waals surface area contributed by atoms with E-state index in [1.165, 1.54) is 0 Å². The van der Waals surface area contributed by atoms with Crippen LogP contribution in [0, 0.1) is 11.8 Å². The van der Waals surface area contributed by atoms with Crippen LogP contribution in [0.3, 0.4) is 0 Å². The number of nitrogen functional groups attached to an aromatic ring is 1. The second-order valence-corrected chi connectivity index (χ2v) is 10.1. The summed E-state index contributed by atoms with van der Waals surface area (Å²) in [6.07, 6.45) is 4.04. The quantitative estimate of drug-likeness (QED) is 0.360. The van der Waals surface area contributed by atoms with E-state index in [-0.39, 0.29) is 18.0 Å². The molecule has 2 heterocycles. The van der Waals surface area contributed by atoms with Gasteiger partial charge in [0, 0.05) is 47.7 Å². The lowest BCUT2D eigenvalue weighted by Gasteiger charge is -2.26. The Kier molecular flexibility index (Phi) is 7.39. The largest absolute Gasteiger partial charge is 0.493 e. The van der Waals surface area contributed by atoms with Gasteiger partial charge in [0.25, 0.3) is 0 Å². The molecule has 36 heavy (non-hydrogen) atoms. The number of fused-ring (bicyclic) bond motifs is 3. The van der Waals surface area contributed by atoms with E-state index in [0.717, 1.165) is 68.7 Å². The van der Waals surface area contributed by atoms with Gasteiger partial charge in [-0.15, -0.1) is 0 Å². The molecule has 5 rings (SSSR count). The highest BCUT2D eigenvalue weighted by atomic mass is 16.5. The highest BCUT2D eigenvalue weighted by Crippen LogP contribution is 2.52. The van der Waals surface area contributed by atoms with Crippen LogP contribution in [0.15, 0.2) is 24.3 Å². The first-order valence-electron chi connectivity index (χ1n) is 13.6. The standard InChI is InChI=1S/C29H39N3O4/c1-4-20(17-10-12-31-15-17)35-22-9-7-8-19-25(22)26-23(34-6-3)14-24(28(30)27(26)29(19)33)36-21(5-2)18-11-13-32-16-18/h7-9,14,17-18,20-21,31-32H,4-6,10-13,15-16,30H2,1-3H3. The van der Waals surface area contributed by atoms with Gasteiger partial charge in [0.1, 0.15) is 29.5 Å². The predicted octanol–water partition coefficient (Wildman–Crippen LogP) is 4.41. The Hall–Kier alpha value is -2.77. The molecule has 2 fully saturated rings. The van der Waals surface area contributed by atoms with E-state index >= 15 is 0 Å². The highest BCUT2D eigenvalue weighted by molar-refractivity contribution is 6.26. The van der Waals surface area contributed by atoms with E-state index in [2.05, 4.69) is 24.5 Å². The molecule has 4 N–H and O–H groups in total. The molecule has 7 heteroatoms. The molecule has 0 bridgehead atoms. The molecule has 3 aliphatic rings. The predicted molar refractivity (Wildman–Crippen MR) is 142 cm³/mol. The minimum Gasteiger partial charge on any atom is -0.493 e. The van der Waals surface area contributed by atoms with Gasteiger partial charge in [-0.3, -0.25) is 4.79 Å². The molecule has 4 atom stereocenters. The molecule has 0 amide bonds. The molecular formula is C29H39N3O4. The fourth-order valence-electron chi connectivity index (χ4n) is 6.05. The number of benzene rings is 2. The number of hydrogen-bond acceptors (Lipinski definition) is 7. The van der Waals surface area contributed by atoms with E-state index in [1.807, 2.05) is 31.2 Å². The van der Waals surface area contributed by atoms with Crippen molar-refractivity contribution in [1.82, 2.24) is 10.6 Å². The smallest absolute Gasteiger partial charge is 0.196 e. The summed E-state index contributed by atoms with van der Waals surface area (Å²) in [6.45, 7) is 10.6. The number of anilines is 1. The molecule has 2 aromatic rings. The number of carbonyl (C=O) groups is 1. The van der Waals surface area contributed by atoms with Crippen LogP contribution in [0.1, 0.15) is 62.4 Å². The zero-order chi connectivity index (χ0) is 25.2. The Morgan fingerprint density at radius 1 is 0.889 bits per heavy atom. The normalized spacial score (nSPS) is 22.2. The van der Waals surface area contributed by atoms with Gasteiger partial charge in [0.15, 0.2) is 5.78 Å². The molecule has 2 saturated heterocycles. The lowest BCUT2D eigenvalue weighted by molar-refractivity contribution is 0.104. The number of nitrogens with one attached hydrogen (secondary N) is 2. The average molecular weight is 494 g/mol. The fourth-order valence-corrected chi connectivity index (χ4v) is 6.05. The molecule has 0 aromatic heterocycles. The Labute approximate surface area is 214 Å². The van der Waals surface area contributed by atoms with Gasteiger partial charge in [0.05, 0.1) is 17.9 Å². The van der Waals surface area contributed by atoms with Crippen LogP contribution in [-0.4, -0.2) is 50.8 Å². The molecule has 1 aliphatic carbocycles. The van der Waals surface area contributed by atoms with Gasteiger partial charge in [0.2, 0.25) is 0 Å². The number of nitrogens with two attached hydrogens (primary N) is 1. The van der Waals surface area contributed by atoms with Crippen LogP contribution in [0.2, 0.25) is 0 Å². The van der Waals surface area contributed by atoms with Crippen molar-refractivity contribution < 1.29 is 19.0 Å². The maximum absolute atomic E-state index is 13.7. The molecule has 0 spiro atoms. The molecule has 0 saturated carbocycles. The van der Waals surface area contributed by atoms with Crippen molar-refractivity contribution in [1.29, 1.82) is 0 Å². The third-order valence-electron chi connectivity index (χ3n) is 7.95. The van der Waals surface area contributed by atoms with E-state index in [1.54, 1.807) is 0 Å². The number of hydrogen-bond donors (Lipinski definition) is 3. The van der Waals surface area contributed by atoms with Crippen LogP contribution >= 0.6 is 0 Å². The Balaban J connectivity index is 1.56. The molecule has 4 unspecified atom stereocenters. The summed E-state index contributed by atoms with van der Waals surface area (Å²) in [6, 6.07) is 7.59. The zero-order valence-corrected chi connectivity index (χ0v) is 21.7. The topological polar surface area (TPSA) is 94.8 Å². The number of ketones is 1. The monoisotopic (exact) mass is 493 g/mol. The van der Waals surface area contributed by atoms with Crippen LogP contribution in [0.25, 0.3) is 11.1 Å². The van der Waals surface area contributed by atoms with Gasteiger partial charge in [-0.2, -0.15) is 0 Å². The van der Waals surface area contributed by atoms with Crippen molar-refractivity contribution in [3.63, 3.8) is 0 Å². The molecular weight excluding hydrogens is 454 g/mol. The summed E-state index contributed by atoms with van der Waals surface area (Å²) >= 11 is 0. The second kappa shape index (κ2) is 10.7. The summed E-state index contributed by atoms with van der Waals surface area (Å²) in [5, 5.41) is 6.86. The number of carbonyl (C=O) groups excluding carboxylic acids is 1. The van der Waals surface area contributed by atoms with Crippen molar-refractivity contribution in [2.24, 2.45) is 11.8 Å². The van der Waals surface area contributed by atoms with Crippen LogP contribution in [0.4, 0.5) is 5.69 Å². The van der Waals surface area contributed by atoms with Crippen molar-refractivity contribution in [3.8, 4) is 28.4 Å². The van der Waals surface area contributed by atoms with Crippen molar-refractivity contribution in [2.45, 2.75) is 58.7 Å². The number of rotatable bonds is 10. The van der Waals surface area contributed by atoms with Crippen LogP contribution < -0.4 is 30.6 Å². The fraction of sp³-hybridized carbons (Fsp3) is 0.552. The first kappa shape index (κ1) is 24.9. The Morgan fingerprint density at radius 3 is 2.08 bits per heavy atom. The van der Waals surface area contributed by atoms with Crippen LogP contribution in [0.5, 0.6) is 17.2 Å². The third-order valence-corrected chi connectivity index (χ3v) is 7.95. The minimum absolute atomic E-state index is 0.0259. The van der Waals surface area contributed by atoms with Crippen molar-refractivity contribution >= 4 is 11.5 Å². The summed E-state index contributed by atoms with van der Waals surface area (Å²) in [5.41, 5.74) is 9.66. The minimum atomic E-state index is -0.0967. The third kappa shape index (κ3) is 4.43. The summed E-state index contributed by atoms with van der Waals surface area (Å²) in [4.78, 5) is 13.7. The Bertz CT molecular complexity index is 1110. The van der Waals surface area contributed by atoms with Gasteiger partial charge >= 0.3 is 0 Å². The molecule has 7 nitrogen and oxygen atoms in total. The second-order valence-electron chi connectivity index (χ2n) is 10.1. The van der Waals surface area contributed by atoms with Gasteiger partial charge in [-0.25, -0.2) is 0 Å². The molecule has 194 valence electrons. The first-order chi connectivity index (χ1) is 17.6. The van der Waals surface area contributed by atoms with E-state index < -0.39 is 0 Å². The molecule has 2 aromatic carbocycles. The summed E-state index contributed by atoms with van der Waals surface area (Å²) in [7, 11) is 0. The van der Waals surface area contributed by atoms with Gasteiger partial charge in [-0.05, 0) is 51.8 Å². The van der Waals surface area contributed by atoms with Gasteiger partial charge < -0.3 is 30.6 Å². The SMILES string of the molecule is CCOc1cc(OC(CC)C2CCNC2)c(N)c2c1-c1c(OC(CC)C3CCNC3)cccc1C2=O. The molecule has 0 radical (unpaired) electrons. The Morgan fingerprint density at radius 2 is 1.53 bits per heavy atom. The first-order valence-corrected chi connectivity index (χ1v) is 13.6. The van der Waals surface area contributed by atoms with Gasteiger partial charge in [-0.1, -0.05) is 26.0 Å². The highest BCUT2D eigenvalue weighted by Gasteiger charge is 2.38. The van der Waals surface area contributed by atoms with Crippen LogP contribution in [-0.2, 0) is 0 Å². The lowest BCUT2D eigenvalue weighted by Crippen LogP contribution is -2.28. The van der Waals surface area contributed by atoms with Crippen molar-refractivity contribution in [2.75, 3.05) is 38.5 Å². The maximum Gasteiger partial charge on any atom is 0.196 e. The zero-order valence-electron chi connectivity index (χ0n) is 21.7. The van der Waals surface area contributed by atoms with Crippen molar-refractivity contribution in [3.05, 3.63) is 35.4 Å².